The van der Waals surface area contributed by atoms with E-state index in [1.54, 1.807) is 20.0 Å². The van der Waals surface area contributed by atoms with Gasteiger partial charge in [-0.25, -0.2) is 18.7 Å². The Kier molecular flexibility index (Phi) is 2.99. The van der Waals surface area contributed by atoms with Crippen LogP contribution in [-0.4, -0.2) is 17.0 Å². The monoisotopic (exact) mass is 235 g/mol. The van der Waals surface area contributed by atoms with Crippen LogP contribution in [0.15, 0.2) is 24.3 Å². The highest BCUT2D eigenvalue weighted by atomic mass is 19.2. The van der Waals surface area contributed by atoms with Crippen molar-refractivity contribution in [2.45, 2.75) is 6.92 Å². The lowest BCUT2D eigenvalue weighted by Gasteiger charge is -2.06. The van der Waals surface area contributed by atoms with E-state index in [1.807, 2.05) is 0 Å². The Morgan fingerprint density at radius 1 is 1.18 bits per heavy atom. The molecule has 0 fully saturated rings. The van der Waals surface area contributed by atoms with Crippen molar-refractivity contribution in [3.8, 4) is 11.3 Å². The maximum atomic E-state index is 13.6. The van der Waals surface area contributed by atoms with Gasteiger partial charge in [0.1, 0.15) is 11.6 Å². The van der Waals surface area contributed by atoms with E-state index in [0.29, 0.717) is 17.3 Å². The number of aromatic nitrogens is 2. The Bertz CT molecular complexity index is 555. The zero-order valence-electron chi connectivity index (χ0n) is 9.46. The van der Waals surface area contributed by atoms with E-state index in [-0.39, 0.29) is 5.56 Å². The molecule has 0 radical (unpaired) electrons. The number of aryl methyl sites for hydroxylation is 1. The molecule has 0 saturated carbocycles. The Balaban J connectivity index is 2.60. The third-order valence-electron chi connectivity index (χ3n) is 2.32. The maximum Gasteiger partial charge on any atom is 0.168 e. The molecule has 88 valence electrons. The Labute approximate surface area is 97.5 Å². The molecular formula is C12H11F2N3. The molecule has 0 aliphatic carbocycles. The van der Waals surface area contributed by atoms with Gasteiger partial charge in [-0.05, 0) is 19.1 Å². The highest BCUT2D eigenvalue weighted by Crippen LogP contribution is 2.24. The van der Waals surface area contributed by atoms with Crippen LogP contribution in [-0.2, 0) is 0 Å². The first-order valence-corrected chi connectivity index (χ1v) is 5.09. The van der Waals surface area contributed by atoms with Crippen LogP contribution in [0.3, 0.4) is 0 Å². The molecule has 0 aliphatic heterocycles. The van der Waals surface area contributed by atoms with Gasteiger partial charge in [0.15, 0.2) is 11.6 Å². The summed E-state index contributed by atoms with van der Waals surface area (Å²) in [5, 5.41) is 2.84. The number of anilines is 1. The van der Waals surface area contributed by atoms with Crippen molar-refractivity contribution in [3.63, 3.8) is 0 Å². The van der Waals surface area contributed by atoms with Crippen LogP contribution >= 0.6 is 0 Å². The van der Waals surface area contributed by atoms with Gasteiger partial charge in [-0.15, -0.1) is 0 Å². The standard InChI is InChI=1S/C12H11F2N3/c1-7-16-10(6-11(15-2)17-7)8-4-3-5-9(13)12(8)14/h3-6H,1-2H3,(H,15,16,17). The lowest BCUT2D eigenvalue weighted by Crippen LogP contribution is -1.99. The lowest BCUT2D eigenvalue weighted by molar-refractivity contribution is 0.511. The summed E-state index contributed by atoms with van der Waals surface area (Å²) in [5.41, 5.74) is 0.492. The van der Waals surface area contributed by atoms with Crippen molar-refractivity contribution in [1.82, 2.24) is 9.97 Å². The highest BCUT2D eigenvalue weighted by molar-refractivity contribution is 5.63. The van der Waals surface area contributed by atoms with E-state index in [4.69, 9.17) is 0 Å². The fraction of sp³-hybridized carbons (Fsp3) is 0.167. The smallest absolute Gasteiger partial charge is 0.168 e. The van der Waals surface area contributed by atoms with E-state index in [2.05, 4.69) is 15.3 Å². The average Bonchev–Trinajstić information content (AvgIpc) is 2.31. The minimum atomic E-state index is -0.896. The second kappa shape index (κ2) is 4.45. The number of halogens is 2. The van der Waals surface area contributed by atoms with Crippen molar-refractivity contribution in [1.29, 1.82) is 0 Å². The number of hydrogen-bond donors (Lipinski definition) is 1. The molecule has 5 heteroatoms. The third-order valence-corrected chi connectivity index (χ3v) is 2.32. The van der Waals surface area contributed by atoms with Crippen LogP contribution in [0, 0.1) is 18.6 Å². The van der Waals surface area contributed by atoms with Crippen LogP contribution < -0.4 is 5.32 Å². The summed E-state index contributed by atoms with van der Waals surface area (Å²) in [6, 6.07) is 5.58. The second-order valence-corrected chi connectivity index (χ2v) is 3.54. The topological polar surface area (TPSA) is 37.8 Å². The zero-order chi connectivity index (χ0) is 12.4. The molecule has 0 unspecified atom stereocenters. The largest absolute Gasteiger partial charge is 0.373 e. The molecule has 3 nitrogen and oxygen atoms in total. The minimum Gasteiger partial charge on any atom is -0.373 e. The van der Waals surface area contributed by atoms with Crippen LogP contribution in [0.2, 0.25) is 0 Å². The summed E-state index contributed by atoms with van der Waals surface area (Å²) >= 11 is 0. The fourth-order valence-corrected chi connectivity index (χ4v) is 1.54. The summed E-state index contributed by atoms with van der Waals surface area (Å²) in [6.07, 6.45) is 0. The molecule has 1 heterocycles. The van der Waals surface area contributed by atoms with E-state index >= 15 is 0 Å². The van der Waals surface area contributed by atoms with Crippen molar-refractivity contribution >= 4 is 5.82 Å². The van der Waals surface area contributed by atoms with Gasteiger partial charge in [-0.3, -0.25) is 0 Å². The Hall–Kier alpha value is -2.04. The first-order valence-electron chi connectivity index (χ1n) is 5.09. The molecule has 0 amide bonds. The van der Waals surface area contributed by atoms with Crippen molar-refractivity contribution in [3.05, 3.63) is 41.7 Å². The van der Waals surface area contributed by atoms with Gasteiger partial charge < -0.3 is 5.32 Å². The normalized spacial score (nSPS) is 10.4. The highest BCUT2D eigenvalue weighted by Gasteiger charge is 2.12. The summed E-state index contributed by atoms with van der Waals surface area (Å²) < 4.78 is 26.7. The van der Waals surface area contributed by atoms with Gasteiger partial charge in [0, 0.05) is 18.7 Å². The zero-order valence-corrected chi connectivity index (χ0v) is 9.46. The first-order chi connectivity index (χ1) is 8.11. The Morgan fingerprint density at radius 2 is 1.94 bits per heavy atom. The number of nitrogens with one attached hydrogen (secondary N) is 1. The van der Waals surface area contributed by atoms with Gasteiger partial charge >= 0.3 is 0 Å². The van der Waals surface area contributed by atoms with Gasteiger partial charge in [-0.2, -0.15) is 0 Å². The van der Waals surface area contributed by atoms with E-state index in [1.165, 1.54) is 12.1 Å². The van der Waals surface area contributed by atoms with E-state index in [0.717, 1.165) is 6.07 Å². The predicted octanol–water partition coefficient (Wildman–Crippen LogP) is 2.77. The summed E-state index contributed by atoms with van der Waals surface area (Å²) in [6.45, 7) is 1.70. The number of benzene rings is 1. The molecule has 1 aromatic heterocycles. The molecule has 0 saturated heterocycles. The molecule has 0 aliphatic rings. The molecule has 1 N–H and O–H groups in total. The average molecular weight is 235 g/mol. The molecule has 2 aromatic rings. The number of nitrogens with zero attached hydrogens (tertiary/aromatic N) is 2. The van der Waals surface area contributed by atoms with Gasteiger partial charge in [0.25, 0.3) is 0 Å². The Morgan fingerprint density at radius 3 is 2.65 bits per heavy atom. The molecular weight excluding hydrogens is 224 g/mol. The lowest BCUT2D eigenvalue weighted by atomic mass is 10.1. The van der Waals surface area contributed by atoms with Gasteiger partial charge in [0.05, 0.1) is 5.69 Å². The summed E-state index contributed by atoms with van der Waals surface area (Å²) in [7, 11) is 1.70. The first kappa shape index (κ1) is 11.4. The summed E-state index contributed by atoms with van der Waals surface area (Å²) in [5.74, 6) is -0.718. The quantitative estimate of drug-likeness (QED) is 0.869. The molecule has 1 aromatic carbocycles. The van der Waals surface area contributed by atoms with E-state index < -0.39 is 11.6 Å². The number of rotatable bonds is 2. The van der Waals surface area contributed by atoms with Gasteiger partial charge in [-0.1, -0.05) is 6.07 Å². The van der Waals surface area contributed by atoms with Gasteiger partial charge in [0.2, 0.25) is 0 Å². The maximum absolute atomic E-state index is 13.6. The van der Waals surface area contributed by atoms with Crippen molar-refractivity contribution < 1.29 is 8.78 Å². The van der Waals surface area contributed by atoms with Crippen molar-refractivity contribution in [2.24, 2.45) is 0 Å². The second-order valence-electron chi connectivity index (χ2n) is 3.54. The fourth-order valence-electron chi connectivity index (χ4n) is 1.54. The molecule has 17 heavy (non-hydrogen) atoms. The molecule has 0 atom stereocenters. The summed E-state index contributed by atoms with van der Waals surface area (Å²) in [4.78, 5) is 8.19. The molecule has 2 rings (SSSR count). The van der Waals surface area contributed by atoms with Crippen molar-refractivity contribution in [2.75, 3.05) is 12.4 Å². The van der Waals surface area contributed by atoms with E-state index in [9.17, 15) is 8.78 Å². The predicted molar refractivity (Wildman–Crippen MR) is 61.7 cm³/mol. The number of hydrogen-bond acceptors (Lipinski definition) is 3. The molecule has 0 bridgehead atoms. The van der Waals surface area contributed by atoms with Crippen LogP contribution in [0.5, 0.6) is 0 Å². The SMILES string of the molecule is CNc1cc(-c2cccc(F)c2F)nc(C)n1. The minimum absolute atomic E-state index is 0.131. The third kappa shape index (κ3) is 2.22. The van der Waals surface area contributed by atoms with Crippen LogP contribution in [0.25, 0.3) is 11.3 Å². The van der Waals surface area contributed by atoms with Crippen LogP contribution in [0.1, 0.15) is 5.82 Å². The molecule has 0 spiro atoms. The van der Waals surface area contributed by atoms with Crippen LogP contribution in [0.4, 0.5) is 14.6 Å².